The molecule has 2 aromatic rings. The Hall–Kier alpha value is -2.56. The van der Waals surface area contributed by atoms with Crippen molar-refractivity contribution in [1.29, 1.82) is 0 Å². The van der Waals surface area contributed by atoms with Gasteiger partial charge in [0, 0.05) is 0 Å². The maximum atomic E-state index is 13.4. The molecule has 0 heterocycles. The smallest absolute Gasteiger partial charge is 0.338 e. The molecule has 5 heteroatoms. The molecule has 0 spiro atoms. The van der Waals surface area contributed by atoms with Crippen LogP contribution in [0.15, 0.2) is 42.5 Å². The molecule has 0 aliphatic rings. The highest BCUT2D eigenvalue weighted by atomic mass is 19.1. The van der Waals surface area contributed by atoms with Crippen LogP contribution < -0.4 is 0 Å². The molecule has 0 bridgehead atoms. The molecule has 0 amide bonds. The first-order valence-electron chi connectivity index (χ1n) is 7.00. The number of halogens is 1. The SMILES string of the molecule is O=C(OCCCCc1ccccc1F)c1ccc(O)c(O)c1. The highest BCUT2D eigenvalue weighted by molar-refractivity contribution is 5.90. The molecule has 4 nitrogen and oxygen atoms in total. The van der Waals surface area contributed by atoms with Crippen molar-refractivity contribution < 1.29 is 24.1 Å². The van der Waals surface area contributed by atoms with Crippen molar-refractivity contribution in [2.45, 2.75) is 19.3 Å². The second-order valence-corrected chi connectivity index (χ2v) is 4.89. The predicted molar refractivity (Wildman–Crippen MR) is 79.4 cm³/mol. The van der Waals surface area contributed by atoms with Crippen LogP contribution in [0.4, 0.5) is 4.39 Å². The molecule has 2 aromatic carbocycles. The Bertz CT molecular complexity index is 655. The number of ether oxygens (including phenoxy) is 1. The Morgan fingerprint density at radius 2 is 1.82 bits per heavy atom. The fraction of sp³-hybridized carbons (Fsp3) is 0.235. The number of esters is 1. The van der Waals surface area contributed by atoms with Gasteiger partial charge in [0.05, 0.1) is 12.2 Å². The van der Waals surface area contributed by atoms with Gasteiger partial charge >= 0.3 is 5.97 Å². The minimum Gasteiger partial charge on any atom is -0.504 e. The topological polar surface area (TPSA) is 66.8 Å². The van der Waals surface area contributed by atoms with Crippen LogP contribution in [-0.2, 0) is 11.2 Å². The standard InChI is InChI=1S/C17H17FO4/c18-14-7-2-1-5-12(14)6-3-4-10-22-17(21)13-8-9-15(19)16(20)11-13/h1-2,5,7-9,11,19-20H,3-4,6,10H2. The van der Waals surface area contributed by atoms with E-state index < -0.39 is 5.97 Å². The molecule has 0 saturated heterocycles. The molecule has 22 heavy (non-hydrogen) atoms. The maximum absolute atomic E-state index is 13.4. The third-order valence-corrected chi connectivity index (χ3v) is 3.24. The molecule has 116 valence electrons. The number of hydrogen-bond donors (Lipinski definition) is 2. The second kappa shape index (κ2) is 7.45. The molecule has 0 aliphatic heterocycles. The summed E-state index contributed by atoms with van der Waals surface area (Å²) in [5, 5.41) is 18.5. The summed E-state index contributed by atoms with van der Waals surface area (Å²) in [5.74, 6) is -1.45. The van der Waals surface area contributed by atoms with E-state index in [0.717, 1.165) is 6.07 Å². The first-order valence-corrected chi connectivity index (χ1v) is 7.00. The lowest BCUT2D eigenvalue weighted by Crippen LogP contribution is -2.06. The first-order chi connectivity index (χ1) is 10.6. The first kappa shape index (κ1) is 15.8. The quantitative estimate of drug-likeness (QED) is 0.487. The fourth-order valence-corrected chi connectivity index (χ4v) is 2.02. The van der Waals surface area contributed by atoms with Gasteiger partial charge in [0.2, 0.25) is 0 Å². The normalized spacial score (nSPS) is 10.4. The van der Waals surface area contributed by atoms with E-state index in [4.69, 9.17) is 9.84 Å². The summed E-state index contributed by atoms with van der Waals surface area (Å²) in [4.78, 5) is 11.7. The Morgan fingerprint density at radius 3 is 2.55 bits per heavy atom. The highest BCUT2D eigenvalue weighted by Crippen LogP contribution is 2.25. The minimum atomic E-state index is -0.568. The van der Waals surface area contributed by atoms with E-state index in [-0.39, 0.29) is 29.5 Å². The van der Waals surface area contributed by atoms with Crippen LogP contribution in [-0.4, -0.2) is 22.8 Å². The number of phenols is 2. The maximum Gasteiger partial charge on any atom is 0.338 e. The van der Waals surface area contributed by atoms with E-state index in [0.29, 0.717) is 24.8 Å². The van der Waals surface area contributed by atoms with Gasteiger partial charge in [0.25, 0.3) is 0 Å². The number of aryl methyl sites for hydroxylation is 1. The summed E-state index contributed by atoms with van der Waals surface area (Å²) < 4.78 is 18.5. The van der Waals surface area contributed by atoms with Crippen LogP contribution in [0, 0.1) is 5.82 Å². The molecule has 2 N–H and O–H groups in total. The number of carbonyl (C=O) groups excluding carboxylic acids is 1. The van der Waals surface area contributed by atoms with Crippen LogP contribution in [0.25, 0.3) is 0 Å². The van der Waals surface area contributed by atoms with Crippen molar-refractivity contribution in [3.63, 3.8) is 0 Å². The van der Waals surface area contributed by atoms with Gasteiger partial charge in [-0.25, -0.2) is 9.18 Å². The number of phenolic OH excluding ortho intramolecular Hbond substituents is 2. The monoisotopic (exact) mass is 304 g/mol. The summed E-state index contributed by atoms with van der Waals surface area (Å²) in [7, 11) is 0. The molecule has 0 unspecified atom stereocenters. The zero-order valence-electron chi connectivity index (χ0n) is 12.0. The molecular formula is C17H17FO4. The van der Waals surface area contributed by atoms with Gasteiger partial charge in [0.1, 0.15) is 5.82 Å². The van der Waals surface area contributed by atoms with Gasteiger partial charge in [-0.3, -0.25) is 0 Å². The Labute approximate surface area is 127 Å². The summed E-state index contributed by atoms with van der Waals surface area (Å²) in [5.41, 5.74) is 0.821. The van der Waals surface area contributed by atoms with E-state index in [1.54, 1.807) is 18.2 Å². The van der Waals surface area contributed by atoms with Gasteiger partial charge in [-0.15, -0.1) is 0 Å². The molecule has 0 fully saturated rings. The van der Waals surface area contributed by atoms with Gasteiger partial charge in [-0.1, -0.05) is 18.2 Å². The number of carbonyl (C=O) groups is 1. The lowest BCUT2D eigenvalue weighted by molar-refractivity contribution is 0.0498. The van der Waals surface area contributed by atoms with Crippen LogP contribution in [0.2, 0.25) is 0 Å². The van der Waals surface area contributed by atoms with Gasteiger partial charge in [0.15, 0.2) is 11.5 Å². The largest absolute Gasteiger partial charge is 0.504 e. The van der Waals surface area contributed by atoms with Gasteiger partial charge in [-0.05, 0) is 49.1 Å². The average Bonchev–Trinajstić information content (AvgIpc) is 2.51. The lowest BCUT2D eigenvalue weighted by atomic mass is 10.1. The zero-order valence-corrected chi connectivity index (χ0v) is 12.0. The third-order valence-electron chi connectivity index (χ3n) is 3.24. The molecular weight excluding hydrogens is 287 g/mol. The van der Waals surface area contributed by atoms with E-state index in [2.05, 4.69) is 0 Å². The van der Waals surface area contributed by atoms with Gasteiger partial charge in [-0.2, -0.15) is 0 Å². The highest BCUT2D eigenvalue weighted by Gasteiger charge is 2.10. The summed E-state index contributed by atoms with van der Waals surface area (Å²) in [6.45, 7) is 0.217. The van der Waals surface area contributed by atoms with Crippen LogP contribution in [0.3, 0.4) is 0 Å². The van der Waals surface area contributed by atoms with Crippen molar-refractivity contribution in [2.24, 2.45) is 0 Å². The van der Waals surface area contributed by atoms with Gasteiger partial charge < -0.3 is 14.9 Å². The zero-order chi connectivity index (χ0) is 15.9. The minimum absolute atomic E-state index is 0.171. The Kier molecular flexibility index (Phi) is 5.36. The Morgan fingerprint density at radius 1 is 1.05 bits per heavy atom. The van der Waals surface area contributed by atoms with E-state index in [9.17, 15) is 14.3 Å². The van der Waals surface area contributed by atoms with Crippen LogP contribution in [0.5, 0.6) is 11.5 Å². The molecule has 0 atom stereocenters. The molecule has 2 rings (SSSR count). The third kappa shape index (κ3) is 4.22. The second-order valence-electron chi connectivity index (χ2n) is 4.89. The summed E-state index contributed by atoms with van der Waals surface area (Å²) in [6.07, 6.45) is 1.91. The van der Waals surface area contributed by atoms with Crippen molar-refractivity contribution in [3.8, 4) is 11.5 Å². The molecule has 0 aliphatic carbocycles. The van der Waals surface area contributed by atoms with Crippen molar-refractivity contribution >= 4 is 5.97 Å². The number of benzene rings is 2. The number of aromatic hydroxyl groups is 2. The molecule has 0 aromatic heterocycles. The lowest BCUT2D eigenvalue weighted by Gasteiger charge is -2.06. The predicted octanol–water partition coefficient (Wildman–Crippen LogP) is 3.42. The van der Waals surface area contributed by atoms with Crippen molar-refractivity contribution in [1.82, 2.24) is 0 Å². The van der Waals surface area contributed by atoms with E-state index >= 15 is 0 Å². The van der Waals surface area contributed by atoms with Crippen LogP contribution >= 0.6 is 0 Å². The number of unbranched alkanes of at least 4 members (excludes halogenated alkanes) is 1. The van der Waals surface area contributed by atoms with Crippen LogP contribution in [0.1, 0.15) is 28.8 Å². The molecule has 0 radical (unpaired) electrons. The van der Waals surface area contributed by atoms with Crippen molar-refractivity contribution in [2.75, 3.05) is 6.61 Å². The average molecular weight is 304 g/mol. The van der Waals surface area contributed by atoms with E-state index in [1.807, 2.05) is 0 Å². The Balaban J connectivity index is 1.73. The fourth-order valence-electron chi connectivity index (χ4n) is 2.02. The number of rotatable bonds is 6. The summed E-state index contributed by atoms with van der Waals surface area (Å²) in [6, 6.07) is 10.3. The van der Waals surface area contributed by atoms with E-state index in [1.165, 1.54) is 18.2 Å². The molecule has 0 saturated carbocycles. The number of hydrogen-bond acceptors (Lipinski definition) is 4. The summed E-state index contributed by atoms with van der Waals surface area (Å²) >= 11 is 0. The van der Waals surface area contributed by atoms with Crippen molar-refractivity contribution in [3.05, 3.63) is 59.4 Å².